The summed E-state index contributed by atoms with van der Waals surface area (Å²) in [6.45, 7) is 1.07. The summed E-state index contributed by atoms with van der Waals surface area (Å²) in [5.74, 6) is 0.259. The van der Waals surface area contributed by atoms with Crippen molar-refractivity contribution in [3.05, 3.63) is 34.4 Å². The molecule has 1 unspecified atom stereocenters. The van der Waals surface area contributed by atoms with Crippen LogP contribution in [0, 0.1) is 16.0 Å². The summed E-state index contributed by atoms with van der Waals surface area (Å²) in [6.07, 6.45) is 0.791. The van der Waals surface area contributed by atoms with Gasteiger partial charge in [0.1, 0.15) is 5.75 Å². The van der Waals surface area contributed by atoms with Crippen LogP contribution in [0.25, 0.3) is 0 Å². The molecule has 7 nitrogen and oxygen atoms in total. The van der Waals surface area contributed by atoms with E-state index in [2.05, 4.69) is 0 Å². The lowest BCUT2D eigenvalue weighted by Gasteiger charge is -2.16. The van der Waals surface area contributed by atoms with Gasteiger partial charge in [-0.3, -0.25) is 14.9 Å². The number of hydrogen-bond acceptors (Lipinski definition) is 5. The first-order chi connectivity index (χ1) is 9.60. The van der Waals surface area contributed by atoms with Crippen LogP contribution in [0.4, 0.5) is 5.69 Å². The molecule has 0 aromatic heterocycles. The molecule has 20 heavy (non-hydrogen) atoms. The summed E-state index contributed by atoms with van der Waals surface area (Å²) in [4.78, 5) is 23.6. The molecule has 1 amide bonds. The number of amides is 1. The standard InChI is InChI=1S/C13H16N2O5/c16-8-10-4-5-14(7-10)13(17)9-20-12-3-1-2-11(6-12)15(18)19/h1-3,6,10,16H,4-5,7-9H2. The van der Waals surface area contributed by atoms with Gasteiger partial charge in [-0.1, -0.05) is 6.07 Å². The van der Waals surface area contributed by atoms with Crippen molar-refractivity contribution in [2.24, 2.45) is 5.92 Å². The molecule has 1 N–H and O–H groups in total. The van der Waals surface area contributed by atoms with Gasteiger partial charge in [0.25, 0.3) is 11.6 Å². The second-order valence-electron chi connectivity index (χ2n) is 4.72. The van der Waals surface area contributed by atoms with Crippen LogP contribution < -0.4 is 4.74 Å². The van der Waals surface area contributed by atoms with E-state index >= 15 is 0 Å². The van der Waals surface area contributed by atoms with Crippen LogP contribution in [-0.2, 0) is 4.79 Å². The molecule has 0 radical (unpaired) electrons. The predicted octanol–water partition coefficient (Wildman–Crippen LogP) is 0.814. The molecule has 0 aliphatic carbocycles. The van der Waals surface area contributed by atoms with E-state index in [0.717, 1.165) is 6.42 Å². The molecular formula is C13H16N2O5. The maximum absolute atomic E-state index is 11.9. The summed E-state index contributed by atoms with van der Waals surface area (Å²) < 4.78 is 5.28. The van der Waals surface area contributed by atoms with Gasteiger partial charge in [0.05, 0.1) is 11.0 Å². The van der Waals surface area contributed by atoms with Crippen molar-refractivity contribution < 1.29 is 19.6 Å². The van der Waals surface area contributed by atoms with Gasteiger partial charge in [-0.15, -0.1) is 0 Å². The minimum atomic E-state index is -0.513. The van der Waals surface area contributed by atoms with Crippen molar-refractivity contribution in [1.82, 2.24) is 4.90 Å². The third-order valence-corrected chi connectivity index (χ3v) is 3.29. The Balaban J connectivity index is 1.87. The van der Waals surface area contributed by atoms with Crippen LogP contribution in [0.15, 0.2) is 24.3 Å². The first-order valence-corrected chi connectivity index (χ1v) is 6.36. The Hall–Kier alpha value is -2.15. The molecule has 7 heteroatoms. The fourth-order valence-corrected chi connectivity index (χ4v) is 2.13. The highest BCUT2D eigenvalue weighted by Crippen LogP contribution is 2.20. The summed E-state index contributed by atoms with van der Waals surface area (Å²) >= 11 is 0. The maximum atomic E-state index is 11.9. The zero-order chi connectivity index (χ0) is 14.5. The number of aliphatic hydroxyl groups is 1. The Labute approximate surface area is 115 Å². The van der Waals surface area contributed by atoms with Crippen molar-refractivity contribution in [3.8, 4) is 5.75 Å². The molecule has 0 spiro atoms. The lowest BCUT2D eigenvalue weighted by Crippen LogP contribution is -2.33. The number of non-ortho nitro benzene ring substituents is 1. The minimum Gasteiger partial charge on any atom is -0.484 e. The zero-order valence-corrected chi connectivity index (χ0v) is 10.9. The molecule has 0 bridgehead atoms. The van der Waals surface area contributed by atoms with Crippen molar-refractivity contribution in [2.45, 2.75) is 6.42 Å². The second-order valence-corrected chi connectivity index (χ2v) is 4.72. The first kappa shape index (κ1) is 14.3. The number of carbonyl (C=O) groups excluding carboxylic acids is 1. The molecule has 1 aliphatic heterocycles. The largest absolute Gasteiger partial charge is 0.484 e. The molecule has 1 heterocycles. The van der Waals surface area contributed by atoms with E-state index in [1.54, 1.807) is 11.0 Å². The average molecular weight is 280 g/mol. The van der Waals surface area contributed by atoms with Crippen LogP contribution in [0.1, 0.15) is 6.42 Å². The van der Waals surface area contributed by atoms with Crippen LogP contribution in [0.2, 0.25) is 0 Å². The van der Waals surface area contributed by atoms with E-state index in [9.17, 15) is 14.9 Å². The van der Waals surface area contributed by atoms with Gasteiger partial charge < -0.3 is 14.7 Å². The third kappa shape index (κ3) is 3.45. The lowest BCUT2D eigenvalue weighted by atomic mass is 10.1. The predicted molar refractivity (Wildman–Crippen MR) is 70.4 cm³/mol. The van der Waals surface area contributed by atoms with Crippen molar-refractivity contribution >= 4 is 11.6 Å². The zero-order valence-electron chi connectivity index (χ0n) is 10.9. The Bertz CT molecular complexity index is 505. The fourth-order valence-electron chi connectivity index (χ4n) is 2.13. The number of aliphatic hydroxyl groups excluding tert-OH is 1. The summed E-state index contributed by atoms with van der Waals surface area (Å²) in [7, 11) is 0. The second kappa shape index (κ2) is 6.33. The average Bonchev–Trinajstić information content (AvgIpc) is 2.94. The number of nitro groups is 1. The normalized spacial score (nSPS) is 18.1. The van der Waals surface area contributed by atoms with Crippen LogP contribution in [-0.4, -0.2) is 47.1 Å². The molecule has 1 fully saturated rings. The van der Waals surface area contributed by atoms with Gasteiger partial charge in [-0.05, 0) is 12.5 Å². The van der Waals surface area contributed by atoms with Gasteiger partial charge >= 0.3 is 0 Å². The van der Waals surface area contributed by atoms with Gasteiger partial charge in [0, 0.05) is 31.7 Å². The van der Waals surface area contributed by atoms with E-state index in [1.165, 1.54) is 18.2 Å². The fraction of sp³-hybridized carbons (Fsp3) is 0.462. The Morgan fingerprint density at radius 2 is 2.35 bits per heavy atom. The van der Waals surface area contributed by atoms with E-state index in [1.807, 2.05) is 0 Å². The van der Waals surface area contributed by atoms with Gasteiger partial charge in [-0.25, -0.2) is 0 Å². The van der Waals surface area contributed by atoms with Crippen molar-refractivity contribution in [1.29, 1.82) is 0 Å². The highest BCUT2D eigenvalue weighted by molar-refractivity contribution is 5.78. The molecule has 1 saturated heterocycles. The Kier molecular flexibility index (Phi) is 4.52. The number of likely N-dealkylation sites (tertiary alicyclic amines) is 1. The number of nitro benzene ring substituents is 1. The number of benzene rings is 1. The highest BCUT2D eigenvalue weighted by atomic mass is 16.6. The van der Waals surface area contributed by atoms with Crippen molar-refractivity contribution in [3.63, 3.8) is 0 Å². The smallest absolute Gasteiger partial charge is 0.273 e. The summed E-state index contributed by atoms with van der Waals surface area (Å²) in [5.41, 5.74) is -0.0727. The highest BCUT2D eigenvalue weighted by Gasteiger charge is 2.25. The molecule has 108 valence electrons. The van der Waals surface area contributed by atoms with Gasteiger partial charge in [0.2, 0.25) is 0 Å². The Morgan fingerprint density at radius 3 is 3.00 bits per heavy atom. The SMILES string of the molecule is O=C(COc1cccc([N+](=O)[O-])c1)N1CCC(CO)C1. The van der Waals surface area contributed by atoms with E-state index in [-0.39, 0.29) is 30.7 Å². The van der Waals surface area contributed by atoms with Gasteiger partial charge in [-0.2, -0.15) is 0 Å². The molecular weight excluding hydrogens is 264 g/mol. The summed E-state index contributed by atoms with van der Waals surface area (Å²) in [6, 6.07) is 5.73. The third-order valence-electron chi connectivity index (χ3n) is 3.29. The lowest BCUT2D eigenvalue weighted by molar-refractivity contribution is -0.384. The molecule has 1 aromatic carbocycles. The van der Waals surface area contributed by atoms with E-state index in [4.69, 9.17) is 9.84 Å². The number of hydrogen-bond donors (Lipinski definition) is 1. The molecule has 1 aromatic rings. The number of nitrogens with zero attached hydrogens (tertiary/aromatic N) is 2. The molecule has 1 aliphatic rings. The molecule has 2 rings (SSSR count). The number of rotatable bonds is 5. The van der Waals surface area contributed by atoms with Crippen LogP contribution in [0.5, 0.6) is 5.75 Å². The number of ether oxygens (including phenoxy) is 1. The maximum Gasteiger partial charge on any atom is 0.273 e. The van der Waals surface area contributed by atoms with E-state index < -0.39 is 4.92 Å². The number of carbonyl (C=O) groups is 1. The van der Waals surface area contributed by atoms with Crippen LogP contribution in [0.3, 0.4) is 0 Å². The van der Waals surface area contributed by atoms with E-state index in [0.29, 0.717) is 18.8 Å². The van der Waals surface area contributed by atoms with Crippen molar-refractivity contribution in [2.75, 3.05) is 26.3 Å². The molecule has 1 atom stereocenters. The minimum absolute atomic E-state index is 0.0727. The first-order valence-electron chi connectivity index (χ1n) is 6.36. The quantitative estimate of drug-likeness (QED) is 0.636. The summed E-state index contributed by atoms with van der Waals surface area (Å²) in [5, 5.41) is 19.6. The Morgan fingerprint density at radius 1 is 1.55 bits per heavy atom. The molecule has 0 saturated carbocycles. The monoisotopic (exact) mass is 280 g/mol. The van der Waals surface area contributed by atoms with Crippen LogP contribution >= 0.6 is 0 Å². The topological polar surface area (TPSA) is 92.9 Å². The van der Waals surface area contributed by atoms with Gasteiger partial charge in [0.15, 0.2) is 6.61 Å².